The summed E-state index contributed by atoms with van der Waals surface area (Å²) < 4.78 is 1.81. The lowest BCUT2D eigenvalue weighted by molar-refractivity contribution is 0.692. The van der Waals surface area contributed by atoms with Gasteiger partial charge < -0.3 is 5.43 Å². The molecule has 0 fully saturated rings. The molecule has 2 heterocycles. The Hall–Kier alpha value is -1.60. The van der Waals surface area contributed by atoms with Gasteiger partial charge in [0.2, 0.25) is 0 Å². The smallest absolute Gasteiger partial charge is 0.159 e. The molecule has 0 aliphatic heterocycles. The zero-order valence-corrected chi connectivity index (χ0v) is 9.82. The monoisotopic (exact) mass is 236 g/mol. The van der Waals surface area contributed by atoms with E-state index in [1.54, 1.807) is 12.4 Å². The van der Waals surface area contributed by atoms with Crippen molar-refractivity contribution in [2.24, 2.45) is 12.9 Å². The van der Waals surface area contributed by atoms with E-state index >= 15 is 0 Å². The Bertz CT molecular complexity index is 494. The highest BCUT2D eigenvalue weighted by atomic mass is 32.2. The molecule has 0 radical (unpaired) electrons. The van der Waals surface area contributed by atoms with Gasteiger partial charge in [-0.25, -0.2) is 10.8 Å². The van der Waals surface area contributed by atoms with Gasteiger partial charge in [0.1, 0.15) is 10.1 Å². The highest BCUT2D eigenvalue weighted by molar-refractivity contribution is 7.99. The summed E-state index contributed by atoms with van der Waals surface area (Å²) in [6, 6.07) is 1.99. The minimum atomic E-state index is 0.545. The number of nitrogens with two attached hydrogens (primary N) is 1. The number of nitrogen functional groups attached to an aromatic ring is 1. The molecule has 7 heteroatoms. The molecule has 0 bridgehead atoms. The average Bonchev–Trinajstić information content (AvgIpc) is 2.58. The third-order valence-corrected chi connectivity index (χ3v) is 2.93. The first-order valence-corrected chi connectivity index (χ1v) is 5.48. The van der Waals surface area contributed by atoms with Crippen LogP contribution in [0.1, 0.15) is 5.69 Å². The summed E-state index contributed by atoms with van der Waals surface area (Å²) in [5.74, 6) is 5.81. The molecule has 2 aromatic heterocycles. The second-order valence-electron chi connectivity index (χ2n) is 3.24. The normalized spacial score (nSPS) is 10.4. The van der Waals surface area contributed by atoms with E-state index < -0.39 is 0 Å². The van der Waals surface area contributed by atoms with Crippen molar-refractivity contribution in [1.82, 2.24) is 19.7 Å². The molecule has 3 N–H and O–H groups in total. The number of nitrogens with zero attached hydrogens (tertiary/aromatic N) is 4. The fourth-order valence-corrected chi connectivity index (χ4v) is 2.13. The molecule has 0 saturated carbocycles. The van der Waals surface area contributed by atoms with Gasteiger partial charge in [-0.2, -0.15) is 5.10 Å². The molecular formula is C9H12N6S. The number of aryl methyl sites for hydroxylation is 2. The molecule has 2 rings (SSSR count). The van der Waals surface area contributed by atoms with E-state index in [0.717, 1.165) is 15.7 Å². The maximum absolute atomic E-state index is 5.27. The average molecular weight is 236 g/mol. The highest BCUT2D eigenvalue weighted by Crippen LogP contribution is 2.25. The van der Waals surface area contributed by atoms with Gasteiger partial charge in [-0.1, -0.05) is 0 Å². The molecule has 16 heavy (non-hydrogen) atoms. The van der Waals surface area contributed by atoms with Crippen molar-refractivity contribution in [3.63, 3.8) is 0 Å². The highest BCUT2D eigenvalue weighted by Gasteiger charge is 2.06. The fraction of sp³-hybridized carbons (Fsp3) is 0.222. The SMILES string of the molecule is Cc1cc(Sc2cncc(NN)n2)n(C)n1. The van der Waals surface area contributed by atoms with Crippen LogP contribution in [0, 0.1) is 6.92 Å². The van der Waals surface area contributed by atoms with Crippen molar-refractivity contribution in [3.8, 4) is 0 Å². The van der Waals surface area contributed by atoms with Crippen LogP contribution < -0.4 is 11.3 Å². The number of rotatable bonds is 3. The molecule has 84 valence electrons. The Balaban J connectivity index is 2.23. The Kier molecular flexibility index (Phi) is 3.07. The molecule has 0 aromatic carbocycles. The van der Waals surface area contributed by atoms with E-state index in [4.69, 9.17) is 5.84 Å². The van der Waals surface area contributed by atoms with Crippen LogP contribution in [0.4, 0.5) is 5.82 Å². The molecule has 0 aliphatic rings. The number of hydrazine groups is 1. The Morgan fingerprint density at radius 3 is 2.88 bits per heavy atom. The summed E-state index contributed by atoms with van der Waals surface area (Å²) in [6.07, 6.45) is 3.26. The summed E-state index contributed by atoms with van der Waals surface area (Å²) in [7, 11) is 1.90. The van der Waals surface area contributed by atoms with Gasteiger partial charge in [-0.3, -0.25) is 9.67 Å². The van der Waals surface area contributed by atoms with Crippen LogP contribution in [0.15, 0.2) is 28.5 Å². The Morgan fingerprint density at radius 1 is 1.44 bits per heavy atom. The van der Waals surface area contributed by atoms with E-state index in [9.17, 15) is 0 Å². The summed E-state index contributed by atoms with van der Waals surface area (Å²) in [5, 5.41) is 6.05. The minimum Gasteiger partial charge on any atom is -0.307 e. The number of hydrogen-bond donors (Lipinski definition) is 2. The van der Waals surface area contributed by atoms with Crippen molar-refractivity contribution >= 4 is 17.6 Å². The van der Waals surface area contributed by atoms with Crippen LogP contribution in [-0.4, -0.2) is 19.7 Å². The van der Waals surface area contributed by atoms with Crippen molar-refractivity contribution in [3.05, 3.63) is 24.2 Å². The number of nitrogens with one attached hydrogen (secondary N) is 1. The molecule has 0 atom stereocenters. The van der Waals surface area contributed by atoms with E-state index in [0.29, 0.717) is 5.82 Å². The second kappa shape index (κ2) is 4.50. The van der Waals surface area contributed by atoms with E-state index in [1.165, 1.54) is 11.8 Å². The molecule has 0 saturated heterocycles. The van der Waals surface area contributed by atoms with Gasteiger partial charge in [0, 0.05) is 7.05 Å². The standard InChI is InChI=1S/C9H12N6S/c1-6-3-9(15(2)14-6)16-8-5-11-4-7(12-8)13-10/h3-5H,10H2,1-2H3,(H,12,13). The van der Waals surface area contributed by atoms with Crippen molar-refractivity contribution in [1.29, 1.82) is 0 Å². The quantitative estimate of drug-likeness (QED) is 0.610. The number of anilines is 1. The van der Waals surface area contributed by atoms with Crippen LogP contribution in [0.25, 0.3) is 0 Å². The van der Waals surface area contributed by atoms with E-state index in [2.05, 4.69) is 20.5 Å². The Labute approximate surface area is 97.2 Å². The predicted molar refractivity (Wildman–Crippen MR) is 61.9 cm³/mol. The topological polar surface area (TPSA) is 81.6 Å². The molecular weight excluding hydrogens is 224 g/mol. The number of hydrogen-bond acceptors (Lipinski definition) is 6. The fourth-order valence-electron chi connectivity index (χ4n) is 1.26. The predicted octanol–water partition coefficient (Wildman–Crippen LogP) is 0.955. The molecule has 6 nitrogen and oxygen atoms in total. The van der Waals surface area contributed by atoms with Gasteiger partial charge in [-0.15, -0.1) is 0 Å². The van der Waals surface area contributed by atoms with Crippen molar-refractivity contribution in [2.75, 3.05) is 5.43 Å². The molecule has 2 aromatic rings. The Morgan fingerprint density at radius 2 is 2.25 bits per heavy atom. The van der Waals surface area contributed by atoms with Crippen molar-refractivity contribution in [2.45, 2.75) is 17.0 Å². The van der Waals surface area contributed by atoms with Gasteiger partial charge in [-0.05, 0) is 24.8 Å². The number of aromatic nitrogens is 4. The van der Waals surface area contributed by atoms with E-state index in [-0.39, 0.29) is 0 Å². The van der Waals surface area contributed by atoms with Crippen LogP contribution in [-0.2, 0) is 7.05 Å². The summed E-state index contributed by atoms with van der Waals surface area (Å²) in [4.78, 5) is 8.29. The zero-order chi connectivity index (χ0) is 11.5. The van der Waals surface area contributed by atoms with Gasteiger partial charge in [0.05, 0.1) is 18.1 Å². The lowest BCUT2D eigenvalue weighted by Gasteiger charge is -2.02. The van der Waals surface area contributed by atoms with Gasteiger partial charge in [0.25, 0.3) is 0 Å². The minimum absolute atomic E-state index is 0.545. The van der Waals surface area contributed by atoms with E-state index in [1.807, 2.05) is 24.7 Å². The lowest BCUT2D eigenvalue weighted by Crippen LogP contribution is -2.08. The van der Waals surface area contributed by atoms with Gasteiger partial charge in [0.15, 0.2) is 5.82 Å². The lowest BCUT2D eigenvalue weighted by atomic mass is 10.5. The van der Waals surface area contributed by atoms with Crippen LogP contribution in [0.2, 0.25) is 0 Å². The third-order valence-electron chi connectivity index (χ3n) is 1.93. The summed E-state index contributed by atoms with van der Waals surface area (Å²) in [6.45, 7) is 1.95. The van der Waals surface area contributed by atoms with Crippen LogP contribution in [0.5, 0.6) is 0 Å². The third kappa shape index (κ3) is 2.31. The molecule has 0 amide bonds. The zero-order valence-electron chi connectivity index (χ0n) is 9.01. The summed E-state index contributed by atoms with van der Waals surface area (Å²) >= 11 is 1.50. The molecule has 0 aliphatic carbocycles. The van der Waals surface area contributed by atoms with Crippen LogP contribution >= 0.6 is 11.8 Å². The maximum Gasteiger partial charge on any atom is 0.159 e. The first kappa shape index (κ1) is 10.9. The van der Waals surface area contributed by atoms with Crippen molar-refractivity contribution < 1.29 is 0 Å². The molecule has 0 unspecified atom stereocenters. The largest absolute Gasteiger partial charge is 0.307 e. The summed E-state index contributed by atoms with van der Waals surface area (Å²) in [5.41, 5.74) is 3.44. The van der Waals surface area contributed by atoms with Crippen LogP contribution in [0.3, 0.4) is 0 Å². The first-order valence-electron chi connectivity index (χ1n) is 4.66. The maximum atomic E-state index is 5.27. The van der Waals surface area contributed by atoms with Gasteiger partial charge >= 0.3 is 0 Å². The second-order valence-corrected chi connectivity index (χ2v) is 4.28. The molecule has 0 spiro atoms. The first-order chi connectivity index (χ1) is 7.69.